The highest BCUT2D eigenvalue weighted by Gasteiger charge is 2.39. The van der Waals surface area contributed by atoms with Gasteiger partial charge in [-0.25, -0.2) is 4.39 Å². The highest BCUT2D eigenvalue weighted by molar-refractivity contribution is 5.50. The first-order valence-corrected chi connectivity index (χ1v) is 10.7. The van der Waals surface area contributed by atoms with Crippen LogP contribution in [0, 0.1) is 5.82 Å². The molecule has 194 valence electrons. The summed E-state index contributed by atoms with van der Waals surface area (Å²) in [5.41, 5.74) is -0.750. The topological polar surface area (TPSA) is 44.7 Å². The maximum absolute atomic E-state index is 14.7. The number of halogens is 7. The van der Waals surface area contributed by atoms with Gasteiger partial charge in [-0.1, -0.05) is 18.2 Å². The highest BCUT2D eigenvalue weighted by atomic mass is 19.4. The van der Waals surface area contributed by atoms with Crippen molar-refractivity contribution in [1.29, 1.82) is 0 Å². The van der Waals surface area contributed by atoms with Gasteiger partial charge in [-0.3, -0.25) is 0 Å². The van der Waals surface area contributed by atoms with E-state index in [2.05, 4.69) is 5.32 Å². The number of nitrogens with one attached hydrogen (secondary N) is 1. The lowest BCUT2D eigenvalue weighted by Crippen LogP contribution is -2.40. The van der Waals surface area contributed by atoms with Crippen molar-refractivity contribution >= 4 is 5.69 Å². The second-order valence-electron chi connectivity index (χ2n) is 8.20. The van der Waals surface area contributed by atoms with Crippen molar-refractivity contribution in [3.05, 3.63) is 89.2 Å². The number of aliphatic hydroxyl groups is 1. The number of anilines is 1. The van der Waals surface area contributed by atoms with Crippen molar-refractivity contribution in [2.45, 2.75) is 24.5 Å². The van der Waals surface area contributed by atoms with Crippen LogP contribution in [0.1, 0.15) is 22.7 Å². The molecule has 0 saturated heterocycles. The minimum atomic E-state index is -4.98. The molecule has 3 rings (SSSR count). The smallest absolute Gasteiger partial charge is 0.416 e. The van der Waals surface area contributed by atoms with Crippen LogP contribution in [0.2, 0.25) is 0 Å². The molecule has 2 unspecified atom stereocenters. The monoisotopic (exact) mass is 516 g/mol. The van der Waals surface area contributed by atoms with E-state index in [-0.39, 0.29) is 11.3 Å². The van der Waals surface area contributed by atoms with Crippen LogP contribution in [0.4, 0.5) is 36.4 Å². The Hall–Kier alpha value is -3.31. The number of benzene rings is 3. The van der Waals surface area contributed by atoms with Crippen molar-refractivity contribution in [3.8, 4) is 11.5 Å². The van der Waals surface area contributed by atoms with Gasteiger partial charge >= 0.3 is 12.4 Å². The molecule has 2 atom stereocenters. The molecule has 0 aliphatic rings. The maximum Gasteiger partial charge on any atom is 0.416 e. The van der Waals surface area contributed by atoms with Crippen LogP contribution in [0.5, 0.6) is 11.5 Å². The fourth-order valence-corrected chi connectivity index (χ4v) is 3.41. The van der Waals surface area contributed by atoms with Crippen LogP contribution in [-0.4, -0.2) is 38.0 Å². The summed E-state index contributed by atoms with van der Waals surface area (Å²) >= 11 is 0. The Morgan fingerprint density at radius 3 is 2.14 bits per heavy atom. The van der Waals surface area contributed by atoms with Gasteiger partial charge in [-0.2, -0.15) is 26.3 Å². The van der Waals surface area contributed by atoms with E-state index in [0.717, 1.165) is 5.69 Å². The van der Waals surface area contributed by atoms with Crippen LogP contribution in [0.25, 0.3) is 0 Å². The number of alkyl halides is 6. The third kappa shape index (κ3) is 6.88. The molecule has 0 aliphatic heterocycles. The molecule has 36 heavy (non-hydrogen) atoms. The molecule has 3 aromatic carbocycles. The average Bonchev–Trinajstić information content (AvgIpc) is 2.79. The number of nitrogens with zero attached hydrogens (tertiary/aromatic N) is 1. The molecule has 0 saturated carbocycles. The lowest BCUT2D eigenvalue weighted by molar-refractivity contribution is -0.202. The van der Waals surface area contributed by atoms with E-state index in [1.165, 1.54) is 24.3 Å². The summed E-state index contributed by atoms with van der Waals surface area (Å²) < 4.78 is 98.9. The quantitative estimate of drug-likeness (QED) is 0.345. The van der Waals surface area contributed by atoms with E-state index in [4.69, 9.17) is 4.74 Å². The van der Waals surface area contributed by atoms with Crippen LogP contribution in [0.3, 0.4) is 0 Å². The Labute approximate surface area is 202 Å². The second kappa shape index (κ2) is 10.8. The predicted molar refractivity (Wildman–Crippen MR) is 121 cm³/mol. The van der Waals surface area contributed by atoms with Crippen molar-refractivity contribution in [2.75, 3.05) is 25.5 Å². The van der Waals surface area contributed by atoms with E-state index in [9.17, 15) is 35.8 Å². The zero-order chi connectivity index (χ0) is 26.7. The van der Waals surface area contributed by atoms with Crippen molar-refractivity contribution in [2.24, 2.45) is 0 Å². The van der Waals surface area contributed by atoms with Crippen LogP contribution in [0.15, 0.2) is 66.7 Å². The minimum Gasteiger partial charge on any atom is -0.457 e. The number of hydrogen-bond acceptors (Lipinski definition) is 4. The molecule has 0 heterocycles. The molecular formula is C25H23F7N2O2. The fraction of sp³-hybridized carbons (Fsp3) is 0.280. The standard InChI is InChI=1S/C25H23F7N2O2/c1-34(2)17-6-4-8-19(13-17)36-18-7-3-5-15(11-18)23(33-14-22(35)25(30,31)32)20-12-16(24(27,28)29)9-10-21(20)26/h3-13,22-23,33,35H,14H2,1-2H3. The van der Waals surface area contributed by atoms with E-state index in [1.807, 2.05) is 25.1 Å². The summed E-state index contributed by atoms with van der Waals surface area (Å²) in [5, 5.41) is 11.8. The highest BCUT2D eigenvalue weighted by Crippen LogP contribution is 2.35. The Bertz CT molecular complexity index is 1180. The summed E-state index contributed by atoms with van der Waals surface area (Å²) in [6.07, 6.45) is -12.6. The molecule has 11 heteroatoms. The molecule has 0 aromatic heterocycles. The van der Waals surface area contributed by atoms with E-state index < -0.39 is 48.0 Å². The largest absolute Gasteiger partial charge is 0.457 e. The molecule has 0 spiro atoms. The van der Waals surface area contributed by atoms with Gasteiger partial charge in [0.05, 0.1) is 11.6 Å². The summed E-state index contributed by atoms with van der Waals surface area (Å²) in [5.74, 6) is -0.411. The normalized spacial score (nSPS) is 13.8. The average molecular weight is 516 g/mol. The lowest BCUT2D eigenvalue weighted by atomic mass is 9.95. The van der Waals surface area contributed by atoms with Crippen molar-refractivity contribution in [1.82, 2.24) is 5.32 Å². The molecular weight excluding hydrogens is 493 g/mol. The second-order valence-corrected chi connectivity index (χ2v) is 8.20. The first-order chi connectivity index (χ1) is 16.8. The zero-order valence-corrected chi connectivity index (χ0v) is 19.2. The summed E-state index contributed by atoms with van der Waals surface area (Å²) in [4.78, 5) is 1.84. The number of hydrogen-bond donors (Lipinski definition) is 2. The first-order valence-electron chi connectivity index (χ1n) is 10.7. The molecule has 0 amide bonds. The van der Waals surface area contributed by atoms with Crippen molar-refractivity contribution < 1.29 is 40.6 Å². The maximum atomic E-state index is 14.7. The third-order valence-electron chi connectivity index (χ3n) is 5.29. The fourth-order valence-electron chi connectivity index (χ4n) is 3.41. The van der Waals surface area contributed by atoms with E-state index >= 15 is 0 Å². The minimum absolute atomic E-state index is 0.129. The molecule has 3 aromatic rings. The van der Waals surface area contributed by atoms with Crippen LogP contribution >= 0.6 is 0 Å². The van der Waals surface area contributed by atoms with Gasteiger partial charge in [0, 0.05) is 38.0 Å². The Morgan fingerprint density at radius 1 is 0.889 bits per heavy atom. The Kier molecular flexibility index (Phi) is 8.15. The Morgan fingerprint density at radius 2 is 1.53 bits per heavy atom. The molecule has 2 N–H and O–H groups in total. The van der Waals surface area contributed by atoms with Gasteiger partial charge in [0.2, 0.25) is 0 Å². The Balaban J connectivity index is 2.00. The van der Waals surface area contributed by atoms with E-state index in [1.54, 1.807) is 18.2 Å². The summed E-state index contributed by atoms with van der Waals surface area (Å²) in [6, 6.07) is 13.0. The van der Waals surface area contributed by atoms with Crippen LogP contribution < -0.4 is 15.0 Å². The van der Waals surface area contributed by atoms with Crippen LogP contribution in [-0.2, 0) is 6.18 Å². The zero-order valence-electron chi connectivity index (χ0n) is 19.2. The van der Waals surface area contributed by atoms with Gasteiger partial charge in [0.15, 0.2) is 6.10 Å². The lowest BCUT2D eigenvalue weighted by Gasteiger charge is -2.24. The van der Waals surface area contributed by atoms with E-state index in [0.29, 0.717) is 23.9 Å². The molecule has 0 bridgehead atoms. The van der Waals surface area contributed by atoms with Gasteiger partial charge in [-0.05, 0) is 48.0 Å². The number of aliphatic hydroxyl groups excluding tert-OH is 1. The SMILES string of the molecule is CN(C)c1cccc(Oc2cccc(C(NCC(O)C(F)(F)F)c3cc(C(F)(F)F)ccc3F)c2)c1. The van der Waals surface area contributed by atoms with Gasteiger partial charge in [0.1, 0.15) is 17.3 Å². The predicted octanol–water partition coefficient (Wildman–Crippen LogP) is 6.31. The van der Waals surface area contributed by atoms with Gasteiger partial charge in [0.25, 0.3) is 0 Å². The molecule has 4 nitrogen and oxygen atoms in total. The molecule has 0 aliphatic carbocycles. The molecule has 0 fully saturated rings. The summed E-state index contributed by atoms with van der Waals surface area (Å²) in [6.45, 7) is -1.08. The third-order valence-corrected chi connectivity index (χ3v) is 5.29. The number of rotatable bonds is 8. The first kappa shape index (κ1) is 27.3. The van der Waals surface area contributed by atoms with Gasteiger partial charge in [-0.15, -0.1) is 0 Å². The number of ether oxygens (including phenoxy) is 1. The summed E-state index contributed by atoms with van der Waals surface area (Å²) in [7, 11) is 3.66. The van der Waals surface area contributed by atoms with Crippen molar-refractivity contribution in [3.63, 3.8) is 0 Å². The molecule has 0 radical (unpaired) electrons. The van der Waals surface area contributed by atoms with Gasteiger partial charge < -0.3 is 20.1 Å².